The van der Waals surface area contributed by atoms with Crippen LogP contribution < -0.4 is 5.32 Å². The van der Waals surface area contributed by atoms with Gasteiger partial charge in [0.2, 0.25) is 5.91 Å². The van der Waals surface area contributed by atoms with Gasteiger partial charge in [-0.25, -0.2) is 0 Å². The van der Waals surface area contributed by atoms with Crippen molar-refractivity contribution in [3.8, 4) is 0 Å². The molecule has 0 fully saturated rings. The third kappa shape index (κ3) is 6.24. The normalized spacial score (nSPS) is 10.6. The smallest absolute Gasteiger partial charge is 0.251 e. The van der Waals surface area contributed by atoms with Gasteiger partial charge < -0.3 is 10.2 Å². The number of nitrogens with one attached hydrogen (secondary N) is 1. The van der Waals surface area contributed by atoms with E-state index in [1.165, 1.54) is 6.07 Å². The highest BCUT2D eigenvalue weighted by molar-refractivity contribution is 6.42. The summed E-state index contributed by atoms with van der Waals surface area (Å²) >= 11 is 11.7. The van der Waals surface area contributed by atoms with Crippen molar-refractivity contribution in [2.24, 2.45) is 5.92 Å². The Bertz CT molecular complexity index is 533. The van der Waals surface area contributed by atoms with E-state index in [1.807, 2.05) is 0 Å². The lowest BCUT2D eigenvalue weighted by atomic mass is 10.1. The van der Waals surface area contributed by atoms with Crippen molar-refractivity contribution in [2.45, 2.75) is 27.2 Å². The Hall–Kier alpha value is -1.26. The van der Waals surface area contributed by atoms with Crippen LogP contribution in [0.5, 0.6) is 0 Å². The van der Waals surface area contributed by atoms with Crippen LogP contribution in [0.4, 0.5) is 0 Å². The van der Waals surface area contributed by atoms with Crippen LogP contribution in [0.3, 0.4) is 0 Å². The average molecular weight is 345 g/mol. The maximum Gasteiger partial charge on any atom is 0.251 e. The molecule has 0 aliphatic carbocycles. The largest absolute Gasteiger partial charge is 0.350 e. The Kier molecular flexibility index (Phi) is 7.69. The topological polar surface area (TPSA) is 49.4 Å². The first-order valence-electron chi connectivity index (χ1n) is 7.30. The van der Waals surface area contributed by atoms with Gasteiger partial charge >= 0.3 is 0 Å². The predicted molar refractivity (Wildman–Crippen MR) is 90.5 cm³/mol. The van der Waals surface area contributed by atoms with Crippen molar-refractivity contribution < 1.29 is 9.59 Å². The molecule has 2 amide bonds. The summed E-state index contributed by atoms with van der Waals surface area (Å²) in [6, 6.07) is 4.73. The van der Waals surface area contributed by atoms with Gasteiger partial charge in [0, 0.05) is 32.1 Å². The number of benzene rings is 1. The van der Waals surface area contributed by atoms with Crippen molar-refractivity contribution in [1.29, 1.82) is 0 Å². The Morgan fingerprint density at radius 2 is 1.86 bits per heavy atom. The maximum absolute atomic E-state index is 12.0. The molecule has 0 radical (unpaired) electrons. The van der Waals surface area contributed by atoms with E-state index in [0.29, 0.717) is 41.2 Å². The van der Waals surface area contributed by atoms with Gasteiger partial charge in [-0.3, -0.25) is 9.59 Å². The highest BCUT2D eigenvalue weighted by Crippen LogP contribution is 2.22. The molecule has 0 saturated carbocycles. The molecular weight excluding hydrogens is 323 g/mol. The Morgan fingerprint density at radius 1 is 1.18 bits per heavy atom. The quantitative estimate of drug-likeness (QED) is 0.821. The molecule has 4 nitrogen and oxygen atoms in total. The monoisotopic (exact) mass is 344 g/mol. The second-order valence-corrected chi connectivity index (χ2v) is 6.39. The summed E-state index contributed by atoms with van der Waals surface area (Å²) in [7, 11) is 0. The molecule has 0 bridgehead atoms. The second kappa shape index (κ2) is 9.01. The van der Waals surface area contributed by atoms with Gasteiger partial charge in [0.25, 0.3) is 5.91 Å². The summed E-state index contributed by atoms with van der Waals surface area (Å²) in [5, 5.41) is 3.54. The molecular formula is C16H22Cl2N2O2. The van der Waals surface area contributed by atoms with Gasteiger partial charge in [-0.2, -0.15) is 0 Å². The molecule has 0 saturated heterocycles. The number of amides is 2. The summed E-state index contributed by atoms with van der Waals surface area (Å²) in [5.41, 5.74) is 0.450. The minimum atomic E-state index is -0.231. The van der Waals surface area contributed by atoms with Crippen molar-refractivity contribution in [1.82, 2.24) is 10.2 Å². The standard InChI is InChI=1S/C16H22Cl2N2O2/c1-11(2)6-8-20(12(3)21)9-7-19-16(22)13-4-5-14(17)15(18)10-13/h4-5,10-11H,6-9H2,1-3H3,(H,19,22). The fourth-order valence-corrected chi connectivity index (χ4v) is 2.18. The zero-order valence-corrected chi connectivity index (χ0v) is 14.7. The zero-order chi connectivity index (χ0) is 16.7. The molecule has 0 aromatic heterocycles. The third-order valence-electron chi connectivity index (χ3n) is 3.27. The lowest BCUT2D eigenvalue weighted by Crippen LogP contribution is -2.38. The molecule has 1 rings (SSSR count). The van der Waals surface area contributed by atoms with Crippen LogP contribution in [0.25, 0.3) is 0 Å². The first kappa shape index (κ1) is 18.8. The van der Waals surface area contributed by atoms with Crippen LogP contribution in [0.2, 0.25) is 10.0 Å². The fourth-order valence-electron chi connectivity index (χ4n) is 1.88. The molecule has 0 heterocycles. The van der Waals surface area contributed by atoms with Crippen LogP contribution >= 0.6 is 23.2 Å². The predicted octanol–water partition coefficient (Wildman–Crippen LogP) is 3.62. The van der Waals surface area contributed by atoms with Crippen LogP contribution in [-0.2, 0) is 4.79 Å². The summed E-state index contributed by atoms with van der Waals surface area (Å²) in [6.45, 7) is 7.37. The number of nitrogens with zero attached hydrogens (tertiary/aromatic N) is 1. The molecule has 0 unspecified atom stereocenters. The van der Waals surface area contributed by atoms with Gasteiger partial charge in [-0.05, 0) is 30.5 Å². The van der Waals surface area contributed by atoms with Crippen LogP contribution in [0, 0.1) is 5.92 Å². The Labute approximate surface area is 141 Å². The third-order valence-corrected chi connectivity index (χ3v) is 4.01. The minimum absolute atomic E-state index is 0.0180. The van der Waals surface area contributed by atoms with Gasteiger partial charge in [-0.1, -0.05) is 37.0 Å². The molecule has 0 spiro atoms. The van der Waals surface area contributed by atoms with E-state index < -0.39 is 0 Å². The first-order valence-corrected chi connectivity index (χ1v) is 8.05. The molecule has 1 aromatic carbocycles. The van der Waals surface area contributed by atoms with E-state index in [0.717, 1.165) is 6.42 Å². The van der Waals surface area contributed by atoms with E-state index in [9.17, 15) is 9.59 Å². The van der Waals surface area contributed by atoms with Gasteiger partial charge in [-0.15, -0.1) is 0 Å². The lowest BCUT2D eigenvalue weighted by Gasteiger charge is -2.22. The average Bonchev–Trinajstić information content (AvgIpc) is 2.44. The second-order valence-electron chi connectivity index (χ2n) is 5.57. The van der Waals surface area contributed by atoms with Gasteiger partial charge in [0.1, 0.15) is 0 Å². The van der Waals surface area contributed by atoms with Crippen molar-refractivity contribution in [2.75, 3.05) is 19.6 Å². The molecule has 22 heavy (non-hydrogen) atoms. The number of halogens is 2. The molecule has 0 atom stereocenters. The minimum Gasteiger partial charge on any atom is -0.350 e. The highest BCUT2D eigenvalue weighted by atomic mass is 35.5. The lowest BCUT2D eigenvalue weighted by molar-refractivity contribution is -0.128. The summed E-state index contributed by atoms with van der Waals surface area (Å²) < 4.78 is 0. The van der Waals surface area contributed by atoms with Crippen molar-refractivity contribution in [3.63, 3.8) is 0 Å². The van der Waals surface area contributed by atoms with Crippen LogP contribution in [-0.4, -0.2) is 36.3 Å². The number of carbonyl (C=O) groups is 2. The highest BCUT2D eigenvalue weighted by Gasteiger charge is 2.11. The summed E-state index contributed by atoms with van der Waals surface area (Å²) in [6.07, 6.45) is 0.945. The number of hydrogen-bond donors (Lipinski definition) is 1. The molecule has 1 aromatic rings. The molecule has 6 heteroatoms. The van der Waals surface area contributed by atoms with Crippen LogP contribution in [0.1, 0.15) is 37.6 Å². The van der Waals surface area contributed by atoms with Crippen LogP contribution in [0.15, 0.2) is 18.2 Å². The van der Waals surface area contributed by atoms with E-state index in [4.69, 9.17) is 23.2 Å². The summed E-state index contributed by atoms with van der Waals surface area (Å²) in [4.78, 5) is 25.3. The fraction of sp³-hybridized carbons (Fsp3) is 0.500. The van der Waals surface area contributed by atoms with E-state index in [-0.39, 0.29) is 11.8 Å². The van der Waals surface area contributed by atoms with Gasteiger partial charge in [0.15, 0.2) is 0 Å². The molecule has 1 N–H and O–H groups in total. The van der Waals surface area contributed by atoms with E-state index in [1.54, 1.807) is 24.0 Å². The maximum atomic E-state index is 12.0. The Balaban J connectivity index is 2.48. The van der Waals surface area contributed by atoms with E-state index in [2.05, 4.69) is 19.2 Å². The van der Waals surface area contributed by atoms with Crippen molar-refractivity contribution >= 4 is 35.0 Å². The van der Waals surface area contributed by atoms with Crippen molar-refractivity contribution in [3.05, 3.63) is 33.8 Å². The molecule has 122 valence electrons. The van der Waals surface area contributed by atoms with E-state index >= 15 is 0 Å². The SMILES string of the molecule is CC(=O)N(CCNC(=O)c1ccc(Cl)c(Cl)c1)CCC(C)C. The molecule has 0 aliphatic heterocycles. The number of hydrogen-bond acceptors (Lipinski definition) is 2. The van der Waals surface area contributed by atoms with Gasteiger partial charge in [0.05, 0.1) is 10.0 Å². The molecule has 0 aliphatic rings. The zero-order valence-electron chi connectivity index (χ0n) is 13.2. The first-order chi connectivity index (χ1) is 10.3. The number of rotatable bonds is 7. The summed E-state index contributed by atoms with van der Waals surface area (Å²) in [5.74, 6) is 0.322. The Morgan fingerprint density at radius 3 is 2.41 bits per heavy atom. The number of carbonyl (C=O) groups excluding carboxylic acids is 2.